The molecule has 1 aromatic carbocycles. The number of aryl methyl sites for hydroxylation is 1. The smallest absolute Gasteiger partial charge is 0.220 e. The van der Waals surface area contributed by atoms with Gasteiger partial charge in [-0.3, -0.25) is 4.79 Å². The maximum absolute atomic E-state index is 11.9. The van der Waals surface area contributed by atoms with Crippen molar-refractivity contribution in [3.05, 3.63) is 29.8 Å². The van der Waals surface area contributed by atoms with Gasteiger partial charge < -0.3 is 15.4 Å². The molecule has 1 saturated heterocycles. The highest BCUT2D eigenvalue weighted by Gasteiger charge is 2.12. The minimum atomic E-state index is 0. The number of amides is 1. The standard InChI is InChI=1S/C18H28N2O2.ClH/c1-2-22-17-8-5-15(6-9-17)7-10-18(21)20-13-11-16-4-3-12-19-14-16;/h5-6,8-9,16,19H,2-4,7,10-14H2,1H3,(H,20,21);1H. The third-order valence-corrected chi connectivity index (χ3v) is 4.15. The summed E-state index contributed by atoms with van der Waals surface area (Å²) in [7, 11) is 0. The minimum Gasteiger partial charge on any atom is -0.494 e. The maximum Gasteiger partial charge on any atom is 0.220 e. The van der Waals surface area contributed by atoms with Crippen molar-refractivity contribution in [2.45, 2.75) is 39.0 Å². The van der Waals surface area contributed by atoms with Crippen LogP contribution in [0.15, 0.2) is 24.3 Å². The van der Waals surface area contributed by atoms with Crippen molar-refractivity contribution < 1.29 is 9.53 Å². The summed E-state index contributed by atoms with van der Waals surface area (Å²) < 4.78 is 5.41. The molecule has 0 saturated carbocycles. The summed E-state index contributed by atoms with van der Waals surface area (Å²) >= 11 is 0. The molecule has 0 aromatic heterocycles. The second-order valence-electron chi connectivity index (χ2n) is 5.93. The summed E-state index contributed by atoms with van der Waals surface area (Å²) in [6, 6.07) is 8.00. The van der Waals surface area contributed by atoms with E-state index in [0.717, 1.165) is 44.1 Å². The van der Waals surface area contributed by atoms with Gasteiger partial charge in [0.1, 0.15) is 5.75 Å². The van der Waals surface area contributed by atoms with Crippen LogP contribution in [0.25, 0.3) is 0 Å². The number of rotatable bonds is 8. The van der Waals surface area contributed by atoms with E-state index in [9.17, 15) is 4.79 Å². The lowest BCUT2D eigenvalue weighted by Gasteiger charge is -2.22. The molecule has 2 N–H and O–H groups in total. The summed E-state index contributed by atoms with van der Waals surface area (Å²) in [5.74, 6) is 1.76. The van der Waals surface area contributed by atoms with Crippen LogP contribution in [-0.2, 0) is 11.2 Å². The predicted molar refractivity (Wildman–Crippen MR) is 96.4 cm³/mol. The van der Waals surface area contributed by atoms with Gasteiger partial charge in [-0.25, -0.2) is 0 Å². The van der Waals surface area contributed by atoms with Crippen LogP contribution in [-0.4, -0.2) is 32.1 Å². The number of nitrogens with one attached hydrogen (secondary N) is 2. The Morgan fingerprint density at radius 2 is 2.13 bits per heavy atom. The number of hydrogen-bond donors (Lipinski definition) is 2. The number of piperidine rings is 1. The van der Waals surface area contributed by atoms with E-state index in [2.05, 4.69) is 10.6 Å². The molecule has 1 aliphatic rings. The normalized spacial score (nSPS) is 17.2. The van der Waals surface area contributed by atoms with Crippen LogP contribution in [0.3, 0.4) is 0 Å². The van der Waals surface area contributed by atoms with Crippen LogP contribution in [0.1, 0.15) is 38.2 Å². The second kappa shape index (κ2) is 11.3. The summed E-state index contributed by atoms with van der Waals surface area (Å²) in [6.45, 7) is 5.70. The minimum absolute atomic E-state index is 0. The Hall–Kier alpha value is -1.26. The molecule has 1 heterocycles. The fourth-order valence-electron chi connectivity index (χ4n) is 2.85. The molecule has 5 heteroatoms. The zero-order chi connectivity index (χ0) is 15.6. The van der Waals surface area contributed by atoms with Gasteiger partial charge in [0, 0.05) is 13.0 Å². The van der Waals surface area contributed by atoms with Crippen molar-refractivity contribution in [1.82, 2.24) is 10.6 Å². The van der Waals surface area contributed by atoms with E-state index in [0.29, 0.717) is 13.0 Å². The summed E-state index contributed by atoms with van der Waals surface area (Å²) in [5, 5.41) is 6.45. The molecule has 0 bridgehead atoms. The Balaban J connectivity index is 0.00000264. The highest BCUT2D eigenvalue weighted by Crippen LogP contribution is 2.14. The second-order valence-corrected chi connectivity index (χ2v) is 5.93. The molecule has 2 rings (SSSR count). The lowest BCUT2D eigenvalue weighted by atomic mass is 9.96. The highest BCUT2D eigenvalue weighted by atomic mass is 35.5. The van der Waals surface area contributed by atoms with Crippen LogP contribution >= 0.6 is 12.4 Å². The topological polar surface area (TPSA) is 50.4 Å². The van der Waals surface area contributed by atoms with Gasteiger partial charge in [-0.2, -0.15) is 0 Å². The van der Waals surface area contributed by atoms with Gasteiger partial charge >= 0.3 is 0 Å². The third kappa shape index (κ3) is 7.71. The Morgan fingerprint density at radius 1 is 1.35 bits per heavy atom. The van der Waals surface area contributed by atoms with Gasteiger partial charge in [-0.05, 0) is 69.3 Å². The van der Waals surface area contributed by atoms with Crippen LogP contribution in [0, 0.1) is 5.92 Å². The van der Waals surface area contributed by atoms with Gasteiger partial charge in [-0.1, -0.05) is 12.1 Å². The van der Waals surface area contributed by atoms with Crippen molar-refractivity contribution >= 4 is 18.3 Å². The van der Waals surface area contributed by atoms with Crippen molar-refractivity contribution in [3.8, 4) is 5.75 Å². The molecule has 0 radical (unpaired) electrons. The van der Waals surface area contributed by atoms with E-state index < -0.39 is 0 Å². The lowest BCUT2D eigenvalue weighted by Crippen LogP contribution is -2.33. The molecular formula is C18H29ClN2O2. The number of carbonyl (C=O) groups excluding carboxylic acids is 1. The summed E-state index contributed by atoms with van der Waals surface area (Å²) in [4.78, 5) is 11.9. The average molecular weight is 341 g/mol. The van der Waals surface area contributed by atoms with E-state index in [-0.39, 0.29) is 18.3 Å². The third-order valence-electron chi connectivity index (χ3n) is 4.15. The molecule has 130 valence electrons. The summed E-state index contributed by atoms with van der Waals surface area (Å²) in [6.07, 6.45) is 4.97. The lowest BCUT2D eigenvalue weighted by molar-refractivity contribution is -0.121. The molecule has 23 heavy (non-hydrogen) atoms. The molecule has 1 aliphatic heterocycles. The Bertz CT molecular complexity index is 445. The first-order valence-corrected chi connectivity index (χ1v) is 8.47. The van der Waals surface area contributed by atoms with Gasteiger partial charge in [0.05, 0.1) is 6.61 Å². The first-order chi connectivity index (χ1) is 10.8. The average Bonchev–Trinajstić information content (AvgIpc) is 2.55. The Kier molecular flexibility index (Phi) is 9.72. The molecule has 1 fully saturated rings. The molecule has 0 spiro atoms. The molecule has 1 aromatic rings. The van der Waals surface area contributed by atoms with Crippen LogP contribution in [0.5, 0.6) is 5.75 Å². The fraction of sp³-hybridized carbons (Fsp3) is 0.611. The van der Waals surface area contributed by atoms with E-state index in [1.807, 2.05) is 31.2 Å². The summed E-state index contributed by atoms with van der Waals surface area (Å²) in [5.41, 5.74) is 1.18. The van der Waals surface area contributed by atoms with Crippen molar-refractivity contribution in [1.29, 1.82) is 0 Å². The maximum atomic E-state index is 11.9. The van der Waals surface area contributed by atoms with Crippen LogP contribution in [0.4, 0.5) is 0 Å². The number of ether oxygens (including phenoxy) is 1. The first kappa shape index (κ1) is 19.8. The number of carbonyl (C=O) groups is 1. The van der Waals surface area contributed by atoms with Crippen molar-refractivity contribution in [2.24, 2.45) is 5.92 Å². The van der Waals surface area contributed by atoms with Gasteiger partial charge in [-0.15, -0.1) is 12.4 Å². The van der Waals surface area contributed by atoms with Crippen LogP contribution < -0.4 is 15.4 Å². The van der Waals surface area contributed by atoms with Gasteiger partial charge in [0.15, 0.2) is 0 Å². The number of benzene rings is 1. The monoisotopic (exact) mass is 340 g/mol. The number of hydrogen-bond acceptors (Lipinski definition) is 3. The van der Waals surface area contributed by atoms with Gasteiger partial charge in [0.2, 0.25) is 5.91 Å². The first-order valence-electron chi connectivity index (χ1n) is 8.47. The van der Waals surface area contributed by atoms with Gasteiger partial charge in [0.25, 0.3) is 0 Å². The SMILES string of the molecule is CCOc1ccc(CCC(=O)NCCC2CCCNC2)cc1.Cl. The Morgan fingerprint density at radius 3 is 2.78 bits per heavy atom. The molecule has 4 nitrogen and oxygen atoms in total. The molecule has 1 unspecified atom stereocenters. The zero-order valence-corrected chi connectivity index (χ0v) is 14.8. The Labute approximate surface area is 145 Å². The number of halogens is 1. The molecule has 1 atom stereocenters. The van der Waals surface area contributed by atoms with Crippen LogP contribution in [0.2, 0.25) is 0 Å². The molecule has 1 amide bonds. The van der Waals surface area contributed by atoms with E-state index in [1.54, 1.807) is 0 Å². The van der Waals surface area contributed by atoms with E-state index in [1.165, 1.54) is 18.4 Å². The highest BCUT2D eigenvalue weighted by molar-refractivity contribution is 5.85. The largest absolute Gasteiger partial charge is 0.494 e. The van der Waals surface area contributed by atoms with E-state index >= 15 is 0 Å². The van der Waals surface area contributed by atoms with E-state index in [4.69, 9.17) is 4.74 Å². The predicted octanol–water partition coefficient (Wildman–Crippen LogP) is 2.95. The zero-order valence-electron chi connectivity index (χ0n) is 14.0. The van der Waals surface area contributed by atoms with Crippen molar-refractivity contribution in [3.63, 3.8) is 0 Å². The molecular weight excluding hydrogens is 312 g/mol. The quantitative estimate of drug-likeness (QED) is 0.765. The molecule has 0 aliphatic carbocycles. The van der Waals surface area contributed by atoms with Crippen molar-refractivity contribution in [2.75, 3.05) is 26.2 Å². The fourth-order valence-corrected chi connectivity index (χ4v) is 2.85.